The zero-order valence-electron chi connectivity index (χ0n) is 8.02. The highest BCUT2D eigenvalue weighted by atomic mass is 79.9. The van der Waals surface area contributed by atoms with Crippen molar-refractivity contribution in [2.24, 2.45) is 0 Å². The van der Waals surface area contributed by atoms with E-state index in [1.54, 1.807) is 7.11 Å². The third-order valence-electron chi connectivity index (χ3n) is 2.86. The van der Waals surface area contributed by atoms with E-state index in [1.165, 1.54) is 6.07 Å². The number of ether oxygens (including phenoxy) is 1. The van der Waals surface area contributed by atoms with Crippen LogP contribution in [-0.2, 0) is 5.41 Å². The van der Waals surface area contributed by atoms with E-state index in [0.717, 1.165) is 23.7 Å². The van der Waals surface area contributed by atoms with Crippen LogP contribution >= 0.6 is 15.9 Å². The Kier molecular flexibility index (Phi) is 2.52. The van der Waals surface area contributed by atoms with Gasteiger partial charge in [0.15, 0.2) is 0 Å². The number of alkyl halides is 1. The highest BCUT2D eigenvalue weighted by Gasteiger charge is 2.44. The molecule has 76 valence electrons. The van der Waals surface area contributed by atoms with Gasteiger partial charge in [-0.25, -0.2) is 4.39 Å². The lowest BCUT2D eigenvalue weighted by Crippen LogP contribution is -2.10. The molecule has 0 heterocycles. The van der Waals surface area contributed by atoms with Crippen molar-refractivity contribution in [3.8, 4) is 5.75 Å². The molecule has 0 amide bonds. The summed E-state index contributed by atoms with van der Waals surface area (Å²) in [4.78, 5) is 0. The zero-order valence-corrected chi connectivity index (χ0v) is 9.60. The molecule has 1 aromatic rings. The first-order valence-electron chi connectivity index (χ1n) is 4.62. The minimum atomic E-state index is -0.152. The fourth-order valence-corrected chi connectivity index (χ4v) is 2.54. The van der Waals surface area contributed by atoms with Gasteiger partial charge >= 0.3 is 0 Å². The van der Waals surface area contributed by atoms with Crippen molar-refractivity contribution in [1.29, 1.82) is 0 Å². The second-order valence-electron chi connectivity index (χ2n) is 3.76. The number of rotatable bonds is 3. The largest absolute Gasteiger partial charge is 0.497 e. The summed E-state index contributed by atoms with van der Waals surface area (Å²) < 4.78 is 18.6. The van der Waals surface area contributed by atoms with Gasteiger partial charge in [0.25, 0.3) is 0 Å². The number of methoxy groups -OCH3 is 1. The van der Waals surface area contributed by atoms with Crippen molar-refractivity contribution >= 4 is 15.9 Å². The fraction of sp³-hybridized carbons (Fsp3) is 0.455. The van der Waals surface area contributed by atoms with Gasteiger partial charge in [0.2, 0.25) is 0 Å². The van der Waals surface area contributed by atoms with Crippen LogP contribution in [0.1, 0.15) is 18.4 Å². The van der Waals surface area contributed by atoms with E-state index in [-0.39, 0.29) is 11.2 Å². The number of hydrogen-bond donors (Lipinski definition) is 0. The third kappa shape index (κ3) is 1.54. The molecule has 1 aromatic carbocycles. The summed E-state index contributed by atoms with van der Waals surface area (Å²) in [6, 6.07) is 5.11. The average Bonchev–Trinajstić information content (AvgIpc) is 2.98. The van der Waals surface area contributed by atoms with E-state index in [4.69, 9.17) is 4.74 Å². The molecule has 0 aliphatic heterocycles. The van der Waals surface area contributed by atoms with Gasteiger partial charge in [-0.05, 0) is 24.5 Å². The van der Waals surface area contributed by atoms with E-state index >= 15 is 0 Å². The lowest BCUT2D eigenvalue weighted by Gasteiger charge is -2.13. The molecule has 1 aliphatic carbocycles. The van der Waals surface area contributed by atoms with Crippen LogP contribution in [0.3, 0.4) is 0 Å². The third-order valence-corrected chi connectivity index (χ3v) is 3.93. The fourth-order valence-electron chi connectivity index (χ4n) is 1.68. The van der Waals surface area contributed by atoms with Crippen LogP contribution < -0.4 is 4.74 Å². The van der Waals surface area contributed by atoms with E-state index < -0.39 is 0 Å². The minimum Gasteiger partial charge on any atom is -0.497 e. The molecule has 0 atom stereocenters. The Labute approximate surface area is 91.4 Å². The molecular formula is C11H12BrFO. The standard InChI is InChI=1S/C11H12BrFO/c1-14-8-2-3-9(10(13)6-8)11(7-12)4-5-11/h2-3,6H,4-5,7H2,1H3. The van der Waals surface area contributed by atoms with Crippen molar-refractivity contribution < 1.29 is 9.13 Å². The Bertz CT molecular complexity index is 347. The molecule has 0 spiro atoms. The van der Waals surface area contributed by atoms with Gasteiger partial charge in [0.05, 0.1) is 7.11 Å². The SMILES string of the molecule is COc1ccc(C2(CBr)CC2)c(F)c1. The second kappa shape index (κ2) is 3.54. The maximum absolute atomic E-state index is 13.7. The molecule has 0 radical (unpaired) electrons. The molecule has 1 saturated carbocycles. The van der Waals surface area contributed by atoms with Crippen LogP contribution in [0.2, 0.25) is 0 Å². The molecule has 1 nitrogen and oxygen atoms in total. The van der Waals surface area contributed by atoms with Gasteiger partial charge in [0.1, 0.15) is 11.6 Å². The number of halogens is 2. The normalized spacial score (nSPS) is 17.9. The molecule has 0 aromatic heterocycles. The molecule has 1 aliphatic rings. The Morgan fingerprint density at radius 1 is 1.50 bits per heavy atom. The molecule has 0 unspecified atom stereocenters. The number of hydrogen-bond acceptors (Lipinski definition) is 1. The van der Waals surface area contributed by atoms with Gasteiger partial charge in [-0.1, -0.05) is 22.0 Å². The summed E-state index contributed by atoms with van der Waals surface area (Å²) in [6.45, 7) is 0. The van der Waals surface area contributed by atoms with Crippen LogP contribution in [0.4, 0.5) is 4.39 Å². The van der Waals surface area contributed by atoms with E-state index in [1.807, 2.05) is 12.1 Å². The van der Waals surface area contributed by atoms with Crippen LogP contribution in [0.25, 0.3) is 0 Å². The molecule has 0 saturated heterocycles. The van der Waals surface area contributed by atoms with E-state index in [2.05, 4.69) is 15.9 Å². The summed E-state index contributed by atoms with van der Waals surface area (Å²) in [5.74, 6) is 0.429. The van der Waals surface area contributed by atoms with Crippen molar-refractivity contribution in [1.82, 2.24) is 0 Å². The van der Waals surface area contributed by atoms with Crippen molar-refractivity contribution in [2.45, 2.75) is 18.3 Å². The van der Waals surface area contributed by atoms with Crippen LogP contribution in [0.15, 0.2) is 18.2 Å². The molecule has 1 fully saturated rings. The lowest BCUT2D eigenvalue weighted by atomic mass is 9.98. The Balaban J connectivity index is 2.36. The summed E-state index contributed by atoms with van der Waals surface area (Å²) in [5, 5.41) is 0.837. The van der Waals surface area contributed by atoms with Crippen LogP contribution in [-0.4, -0.2) is 12.4 Å². The van der Waals surface area contributed by atoms with E-state index in [0.29, 0.717) is 5.75 Å². The Hall–Kier alpha value is -0.570. The highest BCUT2D eigenvalue weighted by Crippen LogP contribution is 2.50. The summed E-state index contributed by atoms with van der Waals surface area (Å²) in [7, 11) is 1.55. The quantitative estimate of drug-likeness (QED) is 0.757. The molecule has 0 bridgehead atoms. The van der Waals surface area contributed by atoms with Crippen LogP contribution in [0.5, 0.6) is 5.75 Å². The Morgan fingerprint density at radius 2 is 2.21 bits per heavy atom. The van der Waals surface area contributed by atoms with Crippen LogP contribution in [0, 0.1) is 5.82 Å². The van der Waals surface area contributed by atoms with Gasteiger partial charge in [0, 0.05) is 16.8 Å². The second-order valence-corrected chi connectivity index (χ2v) is 4.32. The summed E-state index contributed by atoms with van der Waals surface area (Å²) in [5.41, 5.74) is 0.867. The van der Waals surface area contributed by atoms with Gasteiger partial charge in [-0.3, -0.25) is 0 Å². The average molecular weight is 259 g/mol. The van der Waals surface area contributed by atoms with Crippen molar-refractivity contribution in [3.63, 3.8) is 0 Å². The van der Waals surface area contributed by atoms with E-state index in [9.17, 15) is 4.39 Å². The predicted molar refractivity (Wildman–Crippen MR) is 57.7 cm³/mol. The minimum absolute atomic E-state index is 0.0519. The molecule has 2 rings (SSSR count). The molecule has 0 N–H and O–H groups in total. The lowest BCUT2D eigenvalue weighted by molar-refractivity contribution is 0.410. The summed E-state index contributed by atoms with van der Waals surface area (Å²) >= 11 is 3.44. The Morgan fingerprint density at radius 3 is 2.64 bits per heavy atom. The highest BCUT2D eigenvalue weighted by molar-refractivity contribution is 9.09. The molecular weight excluding hydrogens is 247 g/mol. The smallest absolute Gasteiger partial charge is 0.130 e. The predicted octanol–water partition coefficient (Wildman–Crippen LogP) is 3.26. The zero-order chi connectivity index (χ0) is 10.2. The van der Waals surface area contributed by atoms with Gasteiger partial charge < -0.3 is 4.74 Å². The molecule has 14 heavy (non-hydrogen) atoms. The molecule has 3 heteroatoms. The maximum Gasteiger partial charge on any atom is 0.130 e. The monoisotopic (exact) mass is 258 g/mol. The first-order valence-corrected chi connectivity index (χ1v) is 5.74. The first kappa shape index (κ1) is 9.97. The number of benzene rings is 1. The van der Waals surface area contributed by atoms with Crippen molar-refractivity contribution in [3.05, 3.63) is 29.6 Å². The van der Waals surface area contributed by atoms with Crippen molar-refractivity contribution in [2.75, 3.05) is 12.4 Å². The van der Waals surface area contributed by atoms with Gasteiger partial charge in [-0.15, -0.1) is 0 Å². The maximum atomic E-state index is 13.7. The van der Waals surface area contributed by atoms with Gasteiger partial charge in [-0.2, -0.15) is 0 Å². The topological polar surface area (TPSA) is 9.23 Å². The first-order chi connectivity index (χ1) is 6.72. The summed E-state index contributed by atoms with van der Waals surface area (Å²) in [6.07, 6.45) is 2.14.